The summed E-state index contributed by atoms with van der Waals surface area (Å²) >= 11 is 0. The van der Waals surface area contributed by atoms with E-state index >= 15 is 0 Å². The Morgan fingerprint density at radius 1 is 1.11 bits per heavy atom. The molecular weight excluding hydrogens is 240 g/mol. The van der Waals surface area contributed by atoms with Crippen LogP contribution in [0.3, 0.4) is 0 Å². The van der Waals surface area contributed by atoms with Crippen molar-refractivity contribution in [3.8, 4) is 0 Å². The van der Waals surface area contributed by atoms with Crippen molar-refractivity contribution in [3.05, 3.63) is 0 Å². The summed E-state index contributed by atoms with van der Waals surface area (Å²) in [6.07, 6.45) is 6.44. The predicted molar refractivity (Wildman–Crippen MR) is 76.1 cm³/mol. The number of carbonyl (C=O) groups excluding carboxylic acids is 1. The number of amides is 1. The maximum atomic E-state index is 12.0. The van der Waals surface area contributed by atoms with E-state index in [0.717, 1.165) is 65.1 Å². The number of unbranched alkanes of at least 4 members (excludes halogenated alkanes) is 2. The van der Waals surface area contributed by atoms with Crippen molar-refractivity contribution in [1.82, 2.24) is 9.80 Å². The standard InChI is InChI=1S/C15H28N2O2/c1-2-3-4-5-15(18)17-8-6-14(7-9-17)16-10-12-19-13-11-16/h14H,2-13H2,1H3. The van der Waals surface area contributed by atoms with Gasteiger partial charge in [0.15, 0.2) is 0 Å². The van der Waals surface area contributed by atoms with Crippen LogP contribution in [0.5, 0.6) is 0 Å². The fraction of sp³-hybridized carbons (Fsp3) is 0.933. The topological polar surface area (TPSA) is 32.8 Å². The summed E-state index contributed by atoms with van der Waals surface area (Å²) in [6, 6.07) is 0.670. The van der Waals surface area contributed by atoms with Crippen molar-refractivity contribution in [2.24, 2.45) is 0 Å². The van der Waals surface area contributed by atoms with E-state index in [0.29, 0.717) is 11.9 Å². The molecular formula is C15H28N2O2. The van der Waals surface area contributed by atoms with Gasteiger partial charge in [-0.25, -0.2) is 0 Å². The highest BCUT2D eigenvalue weighted by Crippen LogP contribution is 2.18. The van der Waals surface area contributed by atoms with Gasteiger partial charge in [0.25, 0.3) is 0 Å². The molecule has 0 atom stereocenters. The van der Waals surface area contributed by atoms with Crippen LogP contribution in [0.4, 0.5) is 0 Å². The third-order valence-electron chi connectivity index (χ3n) is 4.37. The number of ether oxygens (including phenoxy) is 1. The van der Waals surface area contributed by atoms with Gasteiger partial charge in [-0.05, 0) is 19.3 Å². The van der Waals surface area contributed by atoms with Crippen molar-refractivity contribution < 1.29 is 9.53 Å². The van der Waals surface area contributed by atoms with Crippen molar-refractivity contribution >= 4 is 5.91 Å². The Morgan fingerprint density at radius 2 is 1.79 bits per heavy atom. The number of hydrogen-bond acceptors (Lipinski definition) is 3. The first-order chi connectivity index (χ1) is 9.31. The highest BCUT2D eigenvalue weighted by Gasteiger charge is 2.27. The largest absolute Gasteiger partial charge is 0.379 e. The average Bonchev–Trinajstić information content (AvgIpc) is 2.48. The number of carbonyl (C=O) groups is 1. The molecule has 0 spiro atoms. The zero-order valence-corrected chi connectivity index (χ0v) is 12.3. The average molecular weight is 268 g/mol. The van der Waals surface area contributed by atoms with Gasteiger partial charge in [0.05, 0.1) is 13.2 Å². The third-order valence-corrected chi connectivity index (χ3v) is 4.37. The molecule has 0 aliphatic carbocycles. The number of nitrogens with zero attached hydrogens (tertiary/aromatic N) is 2. The lowest BCUT2D eigenvalue weighted by atomic mass is 10.0. The van der Waals surface area contributed by atoms with Crippen molar-refractivity contribution in [3.63, 3.8) is 0 Å². The van der Waals surface area contributed by atoms with Gasteiger partial charge in [0.1, 0.15) is 0 Å². The molecule has 2 saturated heterocycles. The Hall–Kier alpha value is -0.610. The lowest BCUT2D eigenvalue weighted by Crippen LogP contribution is -2.50. The number of hydrogen-bond donors (Lipinski definition) is 0. The Morgan fingerprint density at radius 3 is 2.42 bits per heavy atom. The smallest absolute Gasteiger partial charge is 0.222 e. The molecule has 0 unspecified atom stereocenters. The lowest BCUT2D eigenvalue weighted by Gasteiger charge is -2.40. The van der Waals surface area contributed by atoms with Gasteiger partial charge in [-0.15, -0.1) is 0 Å². The zero-order valence-electron chi connectivity index (χ0n) is 12.3. The second-order valence-electron chi connectivity index (χ2n) is 5.72. The van der Waals surface area contributed by atoms with E-state index in [2.05, 4.69) is 16.7 Å². The molecule has 0 aromatic carbocycles. The second kappa shape index (κ2) is 7.85. The number of morpholine rings is 1. The van der Waals surface area contributed by atoms with E-state index in [1.54, 1.807) is 0 Å². The monoisotopic (exact) mass is 268 g/mol. The van der Waals surface area contributed by atoms with Crippen molar-refractivity contribution in [2.75, 3.05) is 39.4 Å². The SMILES string of the molecule is CCCCCC(=O)N1CCC(N2CCOCC2)CC1. The lowest BCUT2D eigenvalue weighted by molar-refractivity contribution is -0.133. The zero-order chi connectivity index (χ0) is 13.5. The van der Waals surface area contributed by atoms with Gasteiger partial charge in [0.2, 0.25) is 5.91 Å². The number of rotatable bonds is 5. The summed E-state index contributed by atoms with van der Waals surface area (Å²) in [5.41, 5.74) is 0. The molecule has 2 heterocycles. The van der Waals surface area contributed by atoms with Crippen LogP contribution in [-0.2, 0) is 9.53 Å². The Bertz CT molecular complexity index is 269. The molecule has 2 aliphatic rings. The molecule has 2 fully saturated rings. The fourth-order valence-electron chi connectivity index (χ4n) is 3.11. The normalized spacial score (nSPS) is 22.7. The van der Waals surface area contributed by atoms with Gasteiger partial charge in [-0.1, -0.05) is 19.8 Å². The summed E-state index contributed by atoms with van der Waals surface area (Å²) in [5, 5.41) is 0. The Kier molecular flexibility index (Phi) is 6.11. The van der Waals surface area contributed by atoms with Gasteiger partial charge in [-0.2, -0.15) is 0 Å². The molecule has 2 rings (SSSR count). The summed E-state index contributed by atoms with van der Waals surface area (Å²) in [6.45, 7) is 7.95. The summed E-state index contributed by atoms with van der Waals surface area (Å²) in [7, 11) is 0. The van der Waals surface area contributed by atoms with Crippen LogP contribution < -0.4 is 0 Å². The van der Waals surface area contributed by atoms with E-state index in [4.69, 9.17) is 4.74 Å². The van der Waals surface area contributed by atoms with Crippen LogP contribution in [0.2, 0.25) is 0 Å². The highest BCUT2D eigenvalue weighted by molar-refractivity contribution is 5.76. The van der Waals surface area contributed by atoms with Crippen LogP contribution in [0.25, 0.3) is 0 Å². The molecule has 0 bridgehead atoms. The Balaban J connectivity index is 1.68. The first-order valence-corrected chi connectivity index (χ1v) is 7.91. The summed E-state index contributed by atoms with van der Waals surface area (Å²) in [4.78, 5) is 16.7. The highest BCUT2D eigenvalue weighted by atomic mass is 16.5. The molecule has 0 aromatic rings. The number of piperidine rings is 1. The third kappa shape index (κ3) is 4.46. The molecule has 4 nitrogen and oxygen atoms in total. The maximum absolute atomic E-state index is 12.0. The van der Waals surface area contributed by atoms with Gasteiger partial charge in [-0.3, -0.25) is 9.69 Å². The van der Waals surface area contributed by atoms with Crippen LogP contribution in [-0.4, -0.2) is 61.1 Å². The maximum Gasteiger partial charge on any atom is 0.222 e. The van der Waals surface area contributed by atoms with Gasteiger partial charge >= 0.3 is 0 Å². The first-order valence-electron chi connectivity index (χ1n) is 7.91. The minimum absolute atomic E-state index is 0.369. The van der Waals surface area contributed by atoms with Crippen LogP contribution in [0.1, 0.15) is 45.4 Å². The van der Waals surface area contributed by atoms with Gasteiger partial charge < -0.3 is 9.64 Å². The minimum atomic E-state index is 0.369. The predicted octanol–water partition coefficient (Wildman–Crippen LogP) is 1.89. The van der Waals surface area contributed by atoms with Crippen molar-refractivity contribution in [2.45, 2.75) is 51.5 Å². The van der Waals surface area contributed by atoms with Crippen LogP contribution in [0, 0.1) is 0 Å². The van der Waals surface area contributed by atoms with Gasteiger partial charge in [0, 0.05) is 38.6 Å². The molecule has 1 amide bonds. The molecule has 0 saturated carbocycles. The molecule has 19 heavy (non-hydrogen) atoms. The molecule has 2 aliphatic heterocycles. The first kappa shape index (κ1) is 14.8. The van der Waals surface area contributed by atoms with E-state index in [1.807, 2.05) is 0 Å². The van der Waals surface area contributed by atoms with E-state index in [1.165, 1.54) is 12.8 Å². The van der Waals surface area contributed by atoms with Crippen LogP contribution in [0.15, 0.2) is 0 Å². The molecule has 4 heteroatoms. The van der Waals surface area contributed by atoms with Crippen LogP contribution >= 0.6 is 0 Å². The fourth-order valence-corrected chi connectivity index (χ4v) is 3.11. The molecule has 0 N–H and O–H groups in total. The Labute approximate surface area is 117 Å². The summed E-state index contributed by atoms with van der Waals surface area (Å²) in [5.74, 6) is 0.369. The van der Waals surface area contributed by atoms with Crippen molar-refractivity contribution in [1.29, 1.82) is 0 Å². The van der Waals surface area contributed by atoms with E-state index < -0.39 is 0 Å². The summed E-state index contributed by atoms with van der Waals surface area (Å²) < 4.78 is 5.40. The quantitative estimate of drug-likeness (QED) is 0.714. The molecule has 110 valence electrons. The molecule has 0 radical (unpaired) electrons. The van der Waals surface area contributed by atoms with E-state index in [-0.39, 0.29) is 0 Å². The van der Waals surface area contributed by atoms with E-state index in [9.17, 15) is 4.79 Å². The molecule has 0 aromatic heterocycles. The minimum Gasteiger partial charge on any atom is -0.379 e. The second-order valence-corrected chi connectivity index (χ2v) is 5.72. The number of likely N-dealkylation sites (tertiary alicyclic amines) is 1.